The van der Waals surface area contributed by atoms with E-state index >= 15 is 0 Å². The molecule has 0 aliphatic carbocycles. The van der Waals surface area contributed by atoms with E-state index in [0.29, 0.717) is 0 Å². The number of hydrogen-bond acceptors (Lipinski definition) is 5. The van der Waals surface area contributed by atoms with E-state index in [9.17, 15) is 9.36 Å². The van der Waals surface area contributed by atoms with E-state index in [0.717, 1.165) is 5.56 Å². The van der Waals surface area contributed by atoms with Gasteiger partial charge in [-0.25, -0.2) is 0 Å². The van der Waals surface area contributed by atoms with Gasteiger partial charge in [-0.1, -0.05) is 30.3 Å². The van der Waals surface area contributed by atoms with Crippen LogP contribution in [0.1, 0.15) is 26.3 Å². The molecule has 1 aromatic rings. The van der Waals surface area contributed by atoms with E-state index in [-0.39, 0.29) is 19.6 Å². The zero-order valence-corrected chi connectivity index (χ0v) is 13.0. The van der Waals surface area contributed by atoms with E-state index in [4.69, 9.17) is 13.8 Å². The van der Waals surface area contributed by atoms with Crippen LogP contribution in [0.15, 0.2) is 30.3 Å². The molecular weight excluding hydrogens is 279 g/mol. The van der Waals surface area contributed by atoms with Crippen LogP contribution in [0, 0.1) is 0 Å². The summed E-state index contributed by atoms with van der Waals surface area (Å²) in [5.74, 6) is -1.44. The standard InChI is InChI=1S/C14H21O5P/c1-4-17-20(16,18-5-2)14(19-12(3)15)11-13-9-7-6-8-10-13/h6-10,14H,4-5,11H2,1-3H3/t14-/m0/s1. The van der Waals surface area contributed by atoms with Crippen molar-refractivity contribution in [1.82, 2.24) is 0 Å². The third kappa shape index (κ3) is 5.08. The minimum atomic E-state index is -3.49. The Morgan fingerprint density at radius 1 is 1.15 bits per heavy atom. The largest absolute Gasteiger partial charge is 0.449 e. The summed E-state index contributed by atoms with van der Waals surface area (Å²) >= 11 is 0. The molecule has 0 radical (unpaired) electrons. The van der Waals surface area contributed by atoms with Crippen molar-refractivity contribution in [1.29, 1.82) is 0 Å². The van der Waals surface area contributed by atoms with Gasteiger partial charge in [0.15, 0.2) is 0 Å². The van der Waals surface area contributed by atoms with Crippen molar-refractivity contribution in [3.8, 4) is 0 Å². The lowest BCUT2D eigenvalue weighted by Crippen LogP contribution is -2.22. The fraction of sp³-hybridized carbons (Fsp3) is 0.500. The Morgan fingerprint density at radius 3 is 2.15 bits per heavy atom. The van der Waals surface area contributed by atoms with Crippen LogP contribution in [0.3, 0.4) is 0 Å². The molecule has 0 spiro atoms. The summed E-state index contributed by atoms with van der Waals surface area (Å²) in [5.41, 5.74) is 0.901. The zero-order chi connectivity index (χ0) is 15.0. The molecule has 0 aliphatic rings. The van der Waals surface area contributed by atoms with Crippen LogP contribution in [0.25, 0.3) is 0 Å². The maximum Gasteiger partial charge on any atom is 0.371 e. The molecule has 0 aromatic heterocycles. The summed E-state index contributed by atoms with van der Waals surface area (Å²) < 4.78 is 28.4. The highest BCUT2D eigenvalue weighted by Crippen LogP contribution is 2.54. The average Bonchev–Trinajstić information content (AvgIpc) is 2.39. The van der Waals surface area contributed by atoms with Gasteiger partial charge in [0.25, 0.3) is 0 Å². The smallest absolute Gasteiger partial charge is 0.371 e. The molecule has 0 saturated heterocycles. The summed E-state index contributed by atoms with van der Waals surface area (Å²) in [6.07, 6.45) is 0.289. The third-order valence-corrected chi connectivity index (χ3v) is 4.76. The lowest BCUT2D eigenvalue weighted by molar-refractivity contribution is -0.143. The van der Waals surface area contributed by atoms with Gasteiger partial charge in [0.2, 0.25) is 5.85 Å². The Bertz CT molecular complexity index is 450. The Hall–Kier alpha value is -1.16. The van der Waals surface area contributed by atoms with Crippen LogP contribution in [-0.4, -0.2) is 25.0 Å². The molecular formula is C14H21O5P. The van der Waals surface area contributed by atoms with Gasteiger partial charge < -0.3 is 13.8 Å². The van der Waals surface area contributed by atoms with Crippen molar-refractivity contribution in [2.75, 3.05) is 13.2 Å². The maximum atomic E-state index is 12.7. The second kappa shape index (κ2) is 8.20. The maximum absolute atomic E-state index is 12.7. The number of rotatable bonds is 8. The number of ether oxygens (including phenoxy) is 1. The minimum Gasteiger partial charge on any atom is -0.449 e. The van der Waals surface area contributed by atoms with Crippen molar-refractivity contribution in [3.05, 3.63) is 35.9 Å². The molecule has 1 aromatic carbocycles. The summed E-state index contributed by atoms with van der Waals surface area (Å²) in [7, 11) is -3.49. The number of hydrogen-bond donors (Lipinski definition) is 0. The van der Waals surface area contributed by atoms with Gasteiger partial charge in [0, 0.05) is 13.3 Å². The second-order valence-corrected chi connectivity index (χ2v) is 6.30. The van der Waals surface area contributed by atoms with Crippen molar-refractivity contribution >= 4 is 13.6 Å². The van der Waals surface area contributed by atoms with Gasteiger partial charge >= 0.3 is 13.6 Å². The van der Waals surface area contributed by atoms with Crippen LogP contribution in [0.5, 0.6) is 0 Å². The number of carbonyl (C=O) groups is 1. The minimum absolute atomic E-state index is 0.226. The van der Waals surface area contributed by atoms with Crippen molar-refractivity contribution < 1.29 is 23.1 Å². The SMILES string of the molecule is CCOP(=O)(OCC)[C@@H](Cc1ccccc1)OC(C)=O. The molecule has 0 aliphatic heterocycles. The van der Waals surface area contributed by atoms with Gasteiger partial charge in [-0.15, -0.1) is 0 Å². The zero-order valence-electron chi connectivity index (χ0n) is 12.1. The van der Waals surface area contributed by atoms with E-state index in [2.05, 4.69) is 0 Å². The van der Waals surface area contributed by atoms with Crippen LogP contribution in [-0.2, 0) is 29.6 Å². The Morgan fingerprint density at radius 2 is 1.70 bits per heavy atom. The number of benzene rings is 1. The third-order valence-electron chi connectivity index (χ3n) is 2.53. The van der Waals surface area contributed by atoms with E-state index < -0.39 is 19.4 Å². The molecule has 6 heteroatoms. The van der Waals surface area contributed by atoms with E-state index in [1.54, 1.807) is 13.8 Å². The first-order chi connectivity index (χ1) is 9.51. The molecule has 0 unspecified atom stereocenters. The highest BCUT2D eigenvalue weighted by Gasteiger charge is 2.38. The van der Waals surface area contributed by atoms with Gasteiger partial charge in [-0.2, -0.15) is 0 Å². The molecule has 1 rings (SSSR count). The Balaban J connectivity index is 2.97. The summed E-state index contributed by atoms with van der Waals surface area (Å²) in [4.78, 5) is 11.2. The first kappa shape index (κ1) is 16.9. The highest BCUT2D eigenvalue weighted by atomic mass is 31.2. The van der Waals surface area contributed by atoms with Crippen LogP contribution < -0.4 is 0 Å². The molecule has 112 valence electrons. The highest BCUT2D eigenvalue weighted by molar-refractivity contribution is 7.54. The molecule has 0 fully saturated rings. The lowest BCUT2D eigenvalue weighted by Gasteiger charge is -2.25. The number of esters is 1. The Kier molecular flexibility index (Phi) is 6.93. The number of carbonyl (C=O) groups excluding carboxylic acids is 1. The van der Waals surface area contributed by atoms with Gasteiger partial charge in [-0.05, 0) is 19.4 Å². The van der Waals surface area contributed by atoms with Crippen molar-refractivity contribution in [2.24, 2.45) is 0 Å². The Labute approximate surface area is 119 Å². The van der Waals surface area contributed by atoms with Gasteiger partial charge in [-0.3, -0.25) is 9.36 Å². The van der Waals surface area contributed by atoms with Crippen LogP contribution in [0.4, 0.5) is 0 Å². The normalized spacial score (nSPS) is 12.9. The molecule has 0 saturated carbocycles. The summed E-state index contributed by atoms with van der Waals surface area (Å²) in [6, 6.07) is 9.37. The lowest BCUT2D eigenvalue weighted by atomic mass is 10.2. The molecule has 5 nitrogen and oxygen atoms in total. The summed E-state index contributed by atoms with van der Waals surface area (Å²) in [5, 5.41) is 0. The molecule has 0 N–H and O–H groups in total. The molecule has 20 heavy (non-hydrogen) atoms. The van der Waals surface area contributed by atoms with Gasteiger partial charge in [0.1, 0.15) is 0 Å². The average molecular weight is 300 g/mol. The predicted octanol–water partition coefficient (Wildman–Crippen LogP) is 3.38. The van der Waals surface area contributed by atoms with Gasteiger partial charge in [0.05, 0.1) is 13.2 Å². The van der Waals surface area contributed by atoms with Crippen molar-refractivity contribution in [3.63, 3.8) is 0 Å². The molecule has 0 bridgehead atoms. The predicted molar refractivity (Wildman–Crippen MR) is 76.6 cm³/mol. The molecule has 0 amide bonds. The van der Waals surface area contributed by atoms with Crippen LogP contribution in [0.2, 0.25) is 0 Å². The molecule has 0 heterocycles. The second-order valence-electron chi connectivity index (χ2n) is 4.13. The van der Waals surface area contributed by atoms with Crippen molar-refractivity contribution in [2.45, 2.75) is 33.0 Å². The van der Waals surface area contributed by atoms with E-state index in [1.807, 2.05) is 30.3 Å². The molecule has 1 atom stereocenters. The monoisotopic (exact) mass is 300 g/mol. The van der Waals surface area contributed by atoms with E-state index in [1.165, 1.54) is 6.92 Å². The fourth-order valence-corrected chi connectivity index (χ4v) is 3.63. The fourth-order valence-electron chi connectivity index (χ4n) is 1.79. The van der Waals surface area contributed by atoms with Crippen LogP contribution >= 0.6 is 7.60 Å². The first-order valence-electron chi connectivity index (χ1n) is 6.61. The quantitative estimate of drug-likeness (QED) is 0.544. The summed E-state index contributed by atoms with van der Waals surface area (Å²) in [6.45, 7) is 5.17. The topological polar surface area (TPSA) is 61.8 Å². The first-order valence-corrected chi connectivity index (χ1v) is 8.23.